The lowest BCUT2D eigenvalue weighted by molar-refractivity contribution is -0.142. The fraction of sp³-hybridized carbons (Fsp3) is 0.364. The molecule has 0 spiro atoms. The second-order valence-electron chi connectivity index (χ2n) is 7.05. The van der Waals surface area contributed by atoms with Crippen molar-refractivity contribution in [2.45, 2.75) is 33.9 Å². The van der Waals surface area contributed by atoms with E-state index < -0.39 is 0 Å². The van der Waals surface area contributed by atoms with Crippen LogP contribution in [0.15, 0.2) is 53.5 Å². The molecule has 0 aliphatic carbocycles. The van der Waals surface area contributed by atoms with Gasteiger partial charge in [0.25, 0.3) is 0 Å². The first-order chi connectivity index (χ1) is 13.3. The third-order valence-electron chi connectivity index (χ3n) is 4.26. The molecule has 2 rings (SSSR count). The minimum absolute atomic E-state index is 0.0517. The first-order valence-electron chi connectivity index (χ1n) is 9.27. The molecular formula is C22H27FN2O3. The molecule has 0 N–H and O–H groups in total. The number of hydrogen-bond acceptors (Lipinski definition) is 3. The van der Waals surface area contributed by atoms with E-state index in [2.05, 4.69) is 6.58 Å². The van der Waals surface area contributed by atoms with Crippen molar-refractivity contribution in [3.63, 3.8) is 0 Å². The maximum absolute atomic E-state index is 13.2. The van der Waals surface area contributed by atoms with Crippen molar-refractivity contribution in [3.05, 3.63) is 72.0 Å². The normalized spacial score (nSPS) is 10.8. The Bertz CT molecular complexity index is 811. The third kappa shape index (κ3) is 6.08. The van der Waals surface area contributed by atoms with E-state index in [1.807, 2.05) is 19.1 Å². The Morgan fingerprint density at radius 2 is 1.79 bits per heavy atom. The quantitative estimate of drug-likeness (QED) is 0.614. The van der Waals surface area contributed by atoms with E-state index >= 15 is 0 Å². The molecule has 150 valence electrons. The highest BCUT2D eigenvalue weighted by Crippen LogP contribution is 2.15. The number of carbonyl (C=O) groups is 2. The number of hydrogen-bond donors (Lipinski definition) is 0. The molecule has 1 heterocycles. The first kappa shape index (κ1) is 21.4. The highest BCUT2D eigenvalue weighted by Gasteiger charge is 2.23. The Morgan fingerprint density at radius 1 is 1.11 bits per heavy atom. The van der Waals surface area contributed by atoms with Gasteiger partial charge in [0, 0.05) is 19.0 Å². The second-order valence-corrected chi connectivity index (χ2v) is 7.05. The summed E-state index contributed by atoms with van der Waals surface area (Å²) in [5.74, 6) is 0.540. The number of benzene rings is 1. The molecule has 0 radical (unpaired) electrons. The standard InChI is InChI=1S/C22H27FN2O3/c1-5-12-24(22(27)16(2)3)15-21(26)25(14-20-11-6-17(4)28-20)13-18-7-9-19(23)10-8-18/h5-11,16H,1,12-15H2,2-4H3. The van der Waals surface area contributed by atoms with Crippen LogP contribution in [0.25, 0.3) is 0 Å². The van der Waals surface area contributed by atoms with Crippen LogP contribution in [0, 0.1) is 18.7 Å². The Balaban J connectivity index is 2.20. The molecule has 28 heavy (non-hydrogen) atoms. The number of rotatable bonds is 9. The van der Waals surface area contributed by atoms with Gasteiger partial charge in [-0.25, -0.2) is 4.39 Å². The van der Waals surface area contributed by atoms with Gasteiger partial charge in [0.05, 0.1) is 6.54 Å². The highest BCUT2D eigenvalue weighted by atomic mass is 19.1. The van der Waals surface area contributed by atoms with Crippen LogP contribution in [-0.4, -0.2) is 34.7 Å². The predicted molar refractivity (Wildman–Crippen MR) is 106 cm³/mol. The van der Waals surface area contributed by atoms with E-state index in [9.17, 15) is 14.0 Å². The summed E-state index contributed by atoms with van der Waals surface area (Å²) in [6.07, 6.45) is 1.60. The largest absolute Gasteiger partial charge is 0.464 e. The average Bonchev–Trinajstić information content (AvgIpc) is 3.06. The van der Waals surface area contributed by atoms with E-state index in [4.69, 9.17) is 4.42 Å². The lowest BCUT2D eigenvalue weighted by atomic mass is 10.1. The summed E-state index contributed by atoms with van der Waals surface area (Å²) in [4.78, 5) is 28.5. The van der Waals surface area contributed by atoms with Gasteiger partial charge in [-0.1, -0.05) is 32.1 Å². The van der Waals surface area contributed by atoms with Crippen LogP contribution in [0.4, 0.5) is 4.39 Å². The molecule has 0 saturated heterocycles. The molecule has 0 saturated carbocycles. The Labute approximate surface area is 165 Å². The van der Waals surface area contributed by atoms with E-state index in [0.29, 0.717) is 12.3 Å². The minimum atomic E-state index is -0.331. The van der Waals surface area contributed by atoms with Crippen LogP contribution >= 0.6 is 0 Å². The summed E-state index contributed by atoms with van der Waals surface area (Å²) in [5, 5.41) is 0. The van der Waals surface area contributed by atoms with Crippen LogP contribution < -0.4 is 0 Å². The summed E-state index contributed by atoms with van der Waals surface area (Å²) >= 11 is 0. The number of carbonyl (C=O) groups excluding carboxylic acids is 2. The number of furan rings is 1. The molecule has 2 amide bonds. The molecule has 0 atom stereocenters. The van der Waals surface area contributed by atoms with Gasteiger partial charge in [0.2, 0.25) is 11.8 Å². The van der Waals surface area contributed by atoms with Crippen LogP contribution in [0.2, 0.25) is 0 Å². The van der Waals surface area contributed by atoms with Gasteiger partial charge in [-0.05, 0) is 36.8 Å². The molecular weight excluding hydrogens is 359 g/mol. The average molecular weight is 386 g/mol. The Kier molecular flexibility index (Phi) is 7.55. The van der Waals surface area contributed by atoms with Gasteiger partial charge in [0.1, 0.15) is 23.9 Å². The van der Waals surface area contributed by atoms with Crippen molar-refractivity contribution in [1.29, 1.82) is 0 Å². The van der Waals surface area contributed by atoms with Gasteiger partial charge < -0.3 is 14.2 Å². The summed E-state index contributed by atoms with van der Waals surface area (Å²) in [6.45, 7) is 9.90. The SMILES string of the molecule is C=CCN(CC(=O)N(Cc1ccc(F)cc1)Cc1ccc(C)o1)C(=O)C(C)C. The summed E-state index contributed by atoms with van der Waals surface area (Å²) in [5.41, 5.74) is 0.795. The summed E-state index contributed by atoms with van der Waals surface area (Å²) in [7, 11) is 0. The van der Waals surface area contributed by atoms with Gasteiger partial charge in [0.15, 0.2) is 0 Å². The van der Waals surface area contributed by atoms with Gasteiger partial charge in [-0.2, -0.15) is 0 Å². The zero-order valence-electron chi connectivity index (χ0n) is 16.7. The summed E-state index contributed by atoms with van der Waals surface area (Å²) < 4.78 is 18.8. The van der Waals surface area contributed by atoms with Crippen LogP contribution in [0.5, 0.6) is 0 Å². The minimum Gasteiger partial charge on any atom is -0.464 e. The molecule has 0 aliphatic heterocycles. The molecule has 0 fully saturated rings. The third-order valence-corrected chi connectivity index (χ3v) is 4.26. The smallest absolute Gasteiger partial charge is 0.242 e. The molecule has 5 nitrogen and oxygen atoms in total. The lowest BCUT2D eigenvalue weighted by Crippen LogP contribution is -2.43. The van der Waals surface area contributed by atoms with E-state index in [1.165, 1.54) is 17.0 Å². The Morgan fingerprint density at radius 3 is 2.32 bits per heavy atom. The van der Waals surface area contributed by atoms with Gasteiger partial charge in [-0.15, -0.1) is 6.58 Å². The number of halogens is 1. The van der Waals surface area contributed by atoms with Crippen molar-refractivity contribution < 1.29 is 18.4 Å². The number of amides is 2. The van der Waals surface area contributed by atoms with E-state index in [1.54, 1.807) is 37.0 Å². The monoisotopic (exact) mass is 386 g/mol. The Hall–Kier alpha value is -2.89. The lowest BCUT2D eigenvalue weighted by Gasteiger charge is -2.27. The molecule has 1 aromatic carbocycles. The number of aryl methyl sites for hydroxylation is 1. The van der Waals surface area contributed by atoms with Crippen LogP contribution in [0.3, 0.4) is 0 Å². The van der Waals surface area contributed by atoms with Crippen LogP contribution in [0.1, 0.15) is 30.9 Å². The predicted octanol–water partition coefficient (Wildman–Crippen LogP) is 3.93. The zero-order chi connectivity index (χ0) is 20.7. The molecule has 6 heteroatoms. The molecule has 0 aliphatic rings. The molecule has 0 bridgehead atoms. The first-order valence-corrected chi connectivity index (χ1v) is 9.27. The molecule has 2 aromatic rings. The van der Waals surface area contributed by atoms with Crippen molar-refractivity contribution in [3.8, 4) is 0 Å². The van der Waals surface area contributed by atoms with Crippen molar-refractivity contribution in [2.75, 3.05) is 13.1 Å². The van der Waals surface area contributed by atoms with Crippen molar-refractivity contribution in [2.24, 2.45) is 5.92 Å². The molecule has 0 unspecified atom stereocenters. The second kappa shape index (κ2) is 9.88. The van der Waals surface area contributed by atoms with Gasteiger partial charge in [-0.3, -0.25) is 9.59 Å². The maximum Gasteiger partial charge on any atom is 0.242 e. The van der Waals surface area contributed by atoms with Gasteiger partial charge >= 0.3 is 0 Å². The summed E-state index contributed by atoms with van der Waals surface area (Å²) in [6, 6.07) is 9.67. The zero-order valence-corrected chi connectivity index (χ0v) is 16.7. The van der Waals surface area contributed by atoms with E-state index in [-0.39, 0.29) is 43.2 Å². The maximum atomic E-state index is 13.2. The highest BCUT2D eigenvalue weighted by molar-refractivity contribution is 5.85. The van der Waals surface area contributed by atoms with Crippen LogP contribution in [-0.2, 0) is 22.7 Å². The number of nitrogens with zero attached hydrogens (tertiary/aromatic N) is 2. The fourth-order valence-corrected chi connectivity index (χ4v) is 2.82. The fourth-order valence-electron chi connectivity index (χ4n) is 2.82. The van der Waals surface area contributed by atoms with Crippen molar-refractivity contribution >= 4 is 11.8 Å². The topological polar surface area (TPSA) is 53.8 Å². The van der Waals surface area contributed by atoms with E-state index in [0.717, 1.165) is 11.3 Å². The molecule has 1 aromatic heterocycles. The van der Waals surface area contributed by atoms with Crippen molar-refractivity contribution in [1.82, 2.24) is 9.80 Å².